The van der Waals surface area contributed by atoms with Crippen molar-refractivity contribution in [1.82, 2.24) is 0 Å². The van der Waals surface area contributed by atoms with E-state index >= 15 is 0 Å². The Labute approximate surface area is 124 Å². The van der Waals surface area contributed by atoms with Crippen molar-refractivity contribution in [3.8, 4) is 5.75 Å². The number of nitrogens with one attached hydrogen (secondary N) is 1. The first-order chi connectivity index (χ1) is 10.2. The molecule has 0 saturated heterocycles. The van der Waals surface area contributed by atoms with Gasteiger partial charge in [0.15, 0.2) is 0 Å². The second-order valence-corrected chi connectivity index (χ2v) is 4.78. The van der Waals surface area contributed by atoms with E-state index in [0.717, 1.165) is 11.3 Å². The van der Waals surface area contributed by atoms with Crippen molar-refractivity contribution >= 4 is 11.6 Å². The Bertz CT molecular complexity index is 610. The van der Waals surface area contributed by atoms with Gasteiger partial charge in [-0.1, -0.05) is 30.3 Å². The molecule has 0 radical (unpaired) electrons. The molecule has 2 rings (SSSR count). The van der Waals surface area contributed by atoms with Crippen molar-refractivity contribution in [3.63, 3.8) is 0 Å². The maximum absolute atomic E-state index is 11.9. The normalized spacial score (nSPS) is 10.2. The molecule has 21 heavy (non-hydrogen) atoms. The van der Waals surface area contributed by atoms with Gasteiger partial charge in [-0.2, -0.15) is 0 Å². The number of aliphatic hydroxyl groups excluding tert-OH is 1. The Balaban J connectivity index is 1.82. The van der Waals surface area contributed by atoms with Gasteiger partial charge in [0.1, 0.15) is 5.75 Å². The van der Waals surface area contributed by atoms with E-state index in [1.807, 2.05) is 43.3 Å². The van der Waals surface area contributed by atoms with Crippen LogP contribution in [-0.2, 0) is 11.4 Å². The summed E-state index contributed by atoms with van der Waals surface area (Å²) in [5.74, 6) is 0.627. The number of amides is 1. The number of anilines is 1. The monoisotopic (exact) mass is 285 g/mol. The molecule has 2 aromatic carbocycles. The summed E-state index contributed by atoms with van der Waals surface area (Å²) in [6.45, 7) is 2.21. The fourth-order valence-electron chi connectivity index (χ4n) is 1.96. The molecule has 2 aromatic rings. The molecule has 4 heteroatoms. The van der Waals surface area contributed by atoms with Gasteiger partial charge in [-0.25, -0.2) is 0 Å². The molecule has 4 nitrogen and oxygen atoms in total. The van der Waals surface area contributed by atoms with Crippen LogP contribution >= 0.6 is 0 Å². The molecule has 0 saturated carbocycles. The lowest BCUT2D eigenvalue weighted by Gasteiger charge is -2.10. The van der Waals surface area contributed by atoms with Gasteiger partial charge in [-0.3, -0.25) is 4.79 Å². The Kier molecular flexibility index (Phi) is 5.35. The number of para-hydroxylation sites is 1. The molecule has 0 aliphatic carbocycles. The Hall–Kier alpha value is -2.33. The zero-order chi connectivity index (χ0) is 15.1. The fraction of sp³-hybridized carbons (Fsp3) is 0.235. The van der Waals surface area contributed by atoms with E-state index < -0.39 is 0 Å². The van der Waals surface area contributed by atoms with Crippen molar-refractivity contribution in [2.45, 2.75) is 20.0 Å². The van der Waals surface area contributed by atoms with Crippen LogP contribution in [0.5, 0.6) is 5.75 Å². The highest BCUT2D eigenvalue weighted by molar-refractivity contribution is 5.91. The van der Waals surface area contributed by atoms with Crippen LogP contribution in [0.3, 0.4) is 0 Å². The molecule has 0 unspecified atom stereocenters. The molecule has 2 N–H and O–H groups in total. The number of benzene rings is 2. The van der Waals surface area contributed by atoms with Crippen molar-refractivity contribution in [2.24, 2.45) is 0 Å². The summed E-state index contributed by atoms with van der Waals surface area (Å²) < 4.78 is 5.54. The van der Waals surface area contributed by atoms with E-state index in [9.17, 15) is 9.90 Å². The molecule has 0 spiro atoms. The van der Waals surface area contributed by atoms with Gasteiger partial charge in [-0.15, -0.1) is 0 Å². The third-order valence-electron chi connectivity index (χ3n) is 3.05. The summed E-state index contributed by atoms with van der Waals surface area (Å²) in [4.78, 5) is 11.9. The van der Waals surface area contributed by atoms with Crippen LogP contribution in [0.25, 0.3) is 0 Å². The van der Waals surface area contributed by atoms with Crippen molar-refractivity contribution in [1.29, 1.82) is 0 Å². The SMILES string of the molecule is Cc1cccc(OCCC(=O)Nc2ccccc2CO)c1. The van der Waals surface area contributed by atoms with E-state index in [1.54, 1.807) is 12.1 Å². The standard InChI is InChI=1S/C17H19NO3/c1-13-5-4-7-15(11-13)21-10-9-17(20)18-16-8-3-2-6-14(16)12-19/h2-8,11,19H,9-10,12H2,1H3,(H,18,20). The van der Waals surface area contributed by atoms with Gasteiger partial charge in [0.25, 0.3) is 0 Å². The van der Waals surface area contributed by atoms with Gasteiger partial charge in [0.2, 0.25) is 5.91 Å². The number of ether oxygens (including phenoxy) is 1. The highest BCUT2D eigenvalue weighted by Crippen LogP contribution is 2.15. The zero-order valence-electron chi connectivity index (χ0n) is 12.0. The number of aliphatic hydroxyl groups is 1. The Morgan fingerprint density at radius 3 is 2.76 bits per heavy atom. The predicted molar refractivity (Wildman–Crippen MR) is 82.3 cm³/mol. The van der Waals surface area contributed by atoms with Gasteiger partial charge >= 0.3 is 0 Å². The van der Waals surface area contributed by atoms with Crippen LogP contribution in [0.4, 0.5) is 5.69 Å². The van der Waals surface area contributed by atoms with Crippen molar-refractivity contribution < 1.29 is 14.6 Å². The predicted octanol–water partition coefficient (Wildman–Crippen LogP) is 2.89. The highest BCUT2D eigenvalue weighted by atomic mass is 16.5. The molecule has 0 aliphatic rings. The molecule has 0 heterocycles. The smallest absolute Gasteiger partial charge is 0.227 e. The lowest BCUT2D eigenvalue weighted by Crippen LogP contribution is -2.16. The third-order valence-corrected chi connectivity index (χ3v) is 3.05. The Morgan fingerprint density at radius 1 is 1.19 bits per heavy atom. The number of carbonyl (C=O) groups is 1. The quantitative estimate of drug-likeness (QED) is 0.858. The van der Waals surface area contributed by atoms with Crippen LogP contribution in [-0.4, -0.2) is 17.6 Å². The third kappa shape index (κ3) is 4.61. The minimum absolute atomic E-state index is 0.101. The van der Waals surface area contributed by atoms with E-state index in [1.165, 1.54) is 0 Å². The summed E-state index contributed by atoms with van der Waals surface area (Å²) >= 11 is 0. The van der Waals surface area contributed by atoms with Gasteiger partial charge < -0.3 is 15.2 Å². The zero-order valence-corrected chi connectivity index (χ0v) is 12.0. The minimum Gasteiger partial charge on any atom is -0.493 e. The molecule has 0 bridgehead atoms. The lowest BCUT2D eigenvalue weighted by molar-refractivity contribution is -0.116. The first-order valence-electron chi connectivity index (χ1n) is 6.87. The molecule has 0 atom stereocenters. The average molecular weight is 285 g/mol. The molecule has 1 amide bonds. The molecular weight excluding hydrogens is 266 g/mol. The Morgan fingerprint density at radius 2 is 2.00 bits per heavy atom. The largest absolute Gasteiger partial charge is 0.493 e. The second kappa shape index (κ2) is 7.45. The number of hydrogen-bond donors (Lipinski definition) is 2. The van der Waals surface area contributed by atoms with Crippen molar-refractivity contribution in [2.75, 3.05) is 11.9 Å². The van der Waals surface area contributed by atoms with Crippen LogP contribution < -0.4 is 10.1 Å². The summed E-state index contributed by atoms with van der Waals surface area (Å²) in [6, 6.07) is 14.9. The maximum atomic E-state index is 11.9. The van der Waals surface area contributed by atoms with Crippen molar-refractivity contribution in [3.05, 3.63) is 59.7 Å². The van der Waals surface area contributed by atoms with E-state index in [4.69, 9.17) is 4.74 Å². The molecule has 0 aliphatic heterocycles. The van der Waals surface area contributed by atoms with E-state index in [0.29, 0.717) is 17.9 Å². The lowest BCUT2D eigenvalue weighted by atomic mass is 10.2. The van der Waals surface area contributed by atoms with Crippen LogP contribution in [0.1, 0.15) is 17.5 Å². The number of carbonyl (C=O) groups excluding carboxylic acids is 1. The van der Waals surface area contributed by atoms with Gasteiger partial charge in [0.05, 0.1) is 19.6 Å². The molecule has 0 fully saturated rings. The first kappa shape index (κ1) is 15.1. The first-order valence-corrected chi connectivity index (χ1v) is 6.87. The average Bonchev–Trinajstić information content (AvgIpc) is 2.48. The number of rotatable bonds is 6. The van der Waals surface area contributed by atoms with Gasteiger partial charge in [0, 0.05) is 11.3 Å². The van der Waals surface area contributed by atoms with Crippen LogP contribution in [0, 0.1) is 6.92 Å². The van der Waals surface area contributed by atoms with Crippen LogP contribution in [0.15, 0.2) is 48.5 Å². The van der Waals surface area contributed by atoms with Crippen LogP contribution in [0.2, 0.25) is 0 Å². The van der Waals surface area contributed by atoms with E-state index in [2.05, 4.69) is 5.32 Å². The topological polar surface area (TPSA) is 58.6 Å². The van der Waals surface area contributed by atoms with Gasteiger partial charge in [-0.05, 0) is 30.7 Å². The summed E-state index contributed by atoms with van der Waals surface area (Å²) in [6.07, 6.45) is 0.258. The number of aryl methyl sites for hydroxylation is 1. The fourth-order valence-corrected chi connectivity index (χ4v) is 1.96. The number of hydrogen-bond acceptors (Lipinski definition) is 3. The highest BCUT2D eigenvalue weighted by Gasteiger charge is 2.06. The summed E-state index contributed by atoms with van der Waals surface area (Å²) in [5.41, 5.74) is 2.46. The van der Waals surface area contributed by atoms with E-state index in [-0.39, 0.29) is 18.9 Å². The summed E-state index contributed by atoms with van der Waals surface area (Å²) in [7, 11) is 0. The maximum Gasteiger partial charge on any atom is 0.227 e. The molecule has 110 valence electrons. The second-order valence-electron chi connectivity index (χ2n) is 4.78. The molecular formula is C17H19NO3. The summed E-state index contributed by atoms with van der Waals surface area (Å²) in [5, 5.41) is 12.0. The minimum atomic E-state index is -0.136. The molecule has 0 aromatic heterocycles.